The summed E-state index contributed by atoms with van der Waals surface area (Å²) in [4.78, 5) is 18.5. The maximum atomic E-state index is 11.8. The lowest BCUT2D eigenvalue weighted by Crippen LogP contribution is -2.15. The Balaban J connectivity index is 2.48. The zero-order valence-corrected chi connectivity index (χ0v) is 10.7. The van der Waals surface area contributed by atoms with Gasteiger partial charge in [-0.05, 0) is 30.7 Å². The zero-order valence-electron chi connectivity index (χ0n) is 9.90. The molecule has 0 atom stereocenters. The summed E-state index contributed by atoms with van der Waals surface area (Å²) in [6, 6.07) is 6.88. The fraction of sp³-hybridized carbons (Fsp3) is 0.231. The summed E-state index contributed by atoms with van der Waals surface area (Å²) in [5.41, 5.74) is 0.736. The van der Waals surface area contributed by atoms with E-state index in [4.69, 9.17) is 11.6 Å². The van der Waals surface area contributed by atoms with Gasteiger partial charge < -0.3 is 10.1 Å². The third-order valence-corrected chi connectivity index (χ3v) is 2.86. The first kappa shape index (κ1) is 12.6. The van der Waals surface area contributed by atoms with Crippen molar-refractivity contribution in [2.45, 2.75) is 19.8 Å². The third kappa shape index (κ3) is 2.54. The van der Waals surface area contributed by atoms with Crippen molar-refractivity contribution in [3.8, 4) is 17.3 Å². The summed E-state index contributed by atoms with van der Waals surface area (Å²) in [7, 11) is 0. The highest BCUT2D eigenvalue weighted by atomic mass is 35.5. The molecule has 2 aromatic rings. The number of rotatable bonds is 3. The van der Waals surface area contributed by atoms with Gasteiger partial charge in [0, 0.05) is 10.6 Å². The summed E-state index contributed by atoms with van der Waals surface area (Å²) in [6.45, 7) is 1.94. The molecule has 0 bridgehead atoms. The number of nitrogens with zero attached hydrogens (tertiary/aromatic N) is 1. The van der Waals surface area contributed by atoms with Crippen LogP contribution in [0.5, 0.6) is 5.88 Å². The Morgan fingerprint density at radius 2 is 2.00 bits per heavy atom. The number of aromatic amines is 1. The molecule has 0 amide bonds. The van der Waals surface area contributed by atoms with Crippen LogP contribution in [-0.4, -0.2) is 15.1 Å². The average Bonchev–Trinajstić information content (AvgIpc) is 2.34. The van der Waals surface area contributed by atoms with Crippen LogP contribution < -0.4 is 5.56 Å². The van der Waals surface area contributed by atoms with Gasteiger partial charge in [-0.3, -0.25) is 4.79 Å². The molecule has 18 heavy (non-hydrogen) atoms. The fourth-order valence-electron chi connectivity index (χ4n) is 1.71. The van der Waals surface area contributed by atoms with Crippen LogP contribution in [0.3, 0.4) is 0 Å². The minimum Gasteiger partial charge on any atom is -0.493 e. The minimum absolute atomic E-state index is 0.203. The molecule has 94 valence electrons. The van der Waals surface area contributed by atoms with Gasteiger partial charge in [0.1, 0.15) is 5.82 Å². The van der Waals surface area contributed by atoms with E-state index in [1.165, 1.54) is 0 Å². The van der Waals surface area contributed by atoms with Crippen molar-refractivity contribution in [3.05, 3.63) is 45.2 Å². The molecule has 0 aliphatic heterocycles. The van der Waals surface area contributed by atoms with E-state index >= 15 is 0 Å². The van der Waals surface area contributed by atoms with E-state index in [0.29, 0.717) is 28.4 Å². The molecule has 1 aromatic carbocycles. The lowest BCUT2D eigenvalue weighted by Gasteiger charge is -2.05. The highest BCUT2D eigenvalue weighted by Crippen LogP contribution is 2.20. The molecule has 0 aliphatic carbocycles. The Labute approximate surface area is 109 Å². The number of benzene rings is 1. The monoisotopic (exact) mass is 264 g/mol. The maximum Gasteiger partial charge on any atom is 0.258 e. The van der Waals surface area contributed by atoms with Crippen molar-refractivity contribution in [1.82, 2.24) is 9.97 Å². The summed E-state index contributed by atoms with van der Waals surface area (Å²) in [5.74, 6) is 0.138. The van der Waals surface area contributed by atoms with Gasteiger partial charge in [0.2, 0.25) is 5.88 Å². The van der Waals surface area contributed by atoms with Crippen LogP contribution in [0.25, 0.3) is 11.4 Å². The van der Waals surface area contributed by atoms with Gasteiger partial charge in [-0.2, -0.15) is 4.98 Å². The van der Waals surface area contributed by atoms with E-state index in [1.54, 1.807) is 24.3 Å². The van der Waals surface area contributed by atoms with Crippen molar-refractivity contribution in [1.29, 1.82) is 0 Å². The normalized spacial score (nSPS) is 10.6. The van der Waals surface area contributed by atoms with E-state index in [0.717, 1.165) is 6.42 Å². The highest BCUT2D eigenvalue weighted by Gasteiger charge is 2.10. The number of hydrogen-bond acceptors (Lipinski definition) is 3. The fourth-order valence-corrected chi connectivity index (χ4v) is 1.83. The van der Waals surface area contributed by atoms with Crippen molar-refractivity contribution < 1.29 is 5.11 Å². The molecule has 0 saturated carbocycles. The smallest absolute Gasteiger partial charge is 0.258 e. The molecule has 4 nitrogen and oxygen atoms in total. The van der Waals surface area contributed by atoms with Crippen LogP contribution in [0.2, 0.25) is 5.02 Å². The molecule has 2 rings (SSSR count). The molecular formula is C13H13ClN2O2. The lowest BCUT2D eigenvalue weighted by atomic mass is 10.1. The molecule has 0 spiro atoms. The SMILES string of the molecule is CCCc1c(O)nc(-c2ccc(Cl)cc2)[nH]c1=O. The lowest BCUT2D eigenvalue weighted by molar-refractivity contribution is 0.443. The van der Waals surface area contributed by atoms with Gasteiger partial charge in [0.05, 0.1) is 5.56 Å². The van der Waals surface area contributed by atoms with Gasteiger partial charge in [-0.1, -0.05) is 24.9 Å². The molecule has 1 aromatic heterocycles. The van der Waals surface area contributed by atoms with Crippen molar-refractivity contribution in [2.24, 2.45) is 0 Å². The zero-order chi connectivity index (χ0) is 13.1. The Bertz CT molecular complexity index is 605. The molecule has 0 unspecified atom stereocenters. The molecular weight excluding hydrogens is 252 g/mol. The van der Waals surface area contributed by atoms with Crippen LogP contribution in [-0.2, 0) is 6.42 Å². The van der Waals surface area contributed by atoms with Crippen molar-refractivity contribution in [2.75, 3.05) is 0 Å². The number of H-pyrrole nitrogens is 1. The second kappa shape index (κ2) is 5.23. The van der Waals surface area contributed by atoms with Crippen LogP contribution in [0.1, 0.15) is 18.9 Å². The predicted molar refractivity (Wildman–Crippen MR) is 71.0 cm³/mol. The first-order valence-electron chi connectivity index (χ1n) is 5.70. The topological polar surface area (TPSA) is 66.0 Å². The maximum absolute atomic E-state index is 11.8. The Morgan fingerprint density at radius 1 is 1.33 bits per heavy atom. The number of hydrogen-bond donors (Lipinski definition) is 2. The van der Waals surface area contributed by atoms with Gasteiger partial charge in [-0.25, -0.2) is 0 Å². The van der Waals surface area contributed by atoms with Crippen molar-refractivity contribution in [3.63, 3.8) is 0 Å². The molecule has 0 fully saturated rings. The first-order chi connectivity index (χ1) is 8.61. The van der Waals surface area contributed by atoms with Crippen LogP contribution >= 0.6 is 11.6 Å². The second-order valence-electron chi connectivity index (χ2n) is 3.97. The summed E-state index contributed by atoms with van der Waals surface area (Å²) in [5, 5.41) is 10.4. The number of aromatic nitrogens is 2. The molecule has 1 heterocycles. The van der Waals surface area contributed by atoms with E-state index in [-0.39, 0.29) is 11.4 Å². The Hall–Kier alpha value is -1.81. The number of nitrogens with one attached hydrogen (secondary N) is 1. The van der Waals surface area contributed by atoms with E-state index in [1.807, 2.05) is 6.92 Å². The second-order valence-corrected chi connectivity index (χ2v) is 4.41. The highest BCUT2D eigenvalue weighted by molar-refractivity contribution is 6.30. The molecule has 0 saturated heterocycles. The summed E-state index contributed by atoms with van der Waals surface area (Å²) in [6.07, 6.45) is 1.29. The van der Waals surface area contributed by atoms with E-state index < -0.39 is 0 Å². The quantitative estimate of drug-likeness (QED) is 0.896. The predicted octanol–water partition coefficient (Wildman–Crippen LogP) is 2.75. The molecule has 0 radical (unpaired) electrons. The van der Waals surface area contributed by atoms with Gasteiger partial charge in [0.25, 0.3) is 5.56 Å². The molecule has 5 heteroatoms. The molecule has 0 aliphatic rings. The van der Waals surface area contributed by atoms with Crippen LogP contribution in [0.15, 0.2) is 29.1 Å². The molecule has 2 N–H and O–H groups in total. The minimum atomic E-state index is -0.297. The Kier molecular flexibility index (Phi) is 3.67. The largest absolute Gasteiger partial charge is 0.493 e. The Morgan fingerprint density at radius 3 is 2.56 bits per heavy atom. The van der Waals surface area contributed by atoms with Gasteiger partial charge in [-0.15, -0.1) is 0 Å². The summed E-state index contributed by atoms with van der Waals surface area (Å²) < 4.78 is 0. The van der Waals surface area contributed by atoms with E-state index in [2.05, 4.69) is 9.97 Å². The number of aromatic hydroxyl groups is 1. The number of halogens is 1. The first-order valence-corrected chi connectivity index (χ1v) is 6.07. The average molecular weight is 265 g/mol. The van der Waals surface area contributed by atoms with Crippen LogP contribution in [0, 0.1) is 0 Å². The van der Waals surface area contributed by atoms with E-state index in [9.17, 15) is 9.90 Å². The van der Waals surface area contributed by atoms with Gasteiger partial charge >= 0.3 is 0 Å². The summed E-state index contributed by atoms with van der Waals surface area (Å²) >= 11 is 5.79. The van der Waals surface area contributed by atoms with Crippen molar-refractivity contribution >= 4 is 11.6 Å². The third-order valence-electron chi connectivity index (χ3n) is 2.61. The standard InChI is InChI=1S/C13H13ClN2O2/c1-2-3-10-12(17)15-11(16-13(10)18)8-4-6-9(14)7-5-8/h4-7H,2-3H2,1H3,(H2,15,16,17,18). The van der Waals surface area contributed by atoms with Gasteiger partial charge in [0.15, 0.2) is 0 Å². The van der Waals surface area contributed by atoms with Crippen LogP contribution in [0.4, 0.5) is 0 Å².